The first-order chi connectivity index (χ1) is 8.65. The summed E-state index contributed by atoms with van der Waals surface area (Å²) in [6, 6.07) is 0.360. The Bertz CT molecular complexity index is 325. The molecule has 0 radical (unpaired) electrons. The lowest BCUT2D eigenvalue weighted by Gasteiger charge is -2.35. The van der Waals surface area contributed by atoms with Gasteiger partial charge in [0.1, 0.15) is 0 Å². The lowest BCUT2D eigenvalue weighted by atomic mass is 9.70. The van der Waals surface area contributed by atoms with Crippen molar-refractivity contribution in [3.05, 3.63) is 0 Å². The highest BCUT2D eigenvalue weighted by Gasteiger charge is 2.30. The van der Waals surface area contributed by atoms with Crippen molar-refractivity contribution in [3.8, 4) is 0 Å². The summed E-state index contributed by atoms with van der Waals surface area (Å²) in [6.07, 6.45) is 9.36. The maximum Gasteiger partial charge on any atom is 0.187 e. The molecule has 0 aromatic rings. The molecule has 0 aromatic carbocycles. The maximum atomic E-state index is 5.18. The van der Waals surface area contributed by atoms with E-state index in [2.05, 4.69) is 29.7 Å². The molecule has 2 aliphatic carbocycles. The first kappa shape index (κ1) is 13.8. The molecule has 2 rings (SSSR count). The van der Waals surface area contributed by atoms with Crippen LogP contribution in [0.25, 0.3) is 0 Å². The van der Waals surface area contributed by atoms with Crippen LogP contribution in [0.5, 0.6) is 0 Å². The molecule has 18 heavy (non-hydrogen) atoms. The number of hydrogen-bond donors (Lipinski definition) is 2. The van der Waals surface area contributed by atoms with Crippen LogP contribution in [0.3, 0.4) is 0 Å². The minimum Gasteiger partial charge on any atom is -0.359 e. The predicted molar refractivity (Wildman–Crippen MR) is 80.7 cm³/mol. The fourth-order valence-corrected chi connectivity index (χ4v) is 3.50. The van der Waals surface area contributed by atoms with E-state index in [4.69, 9.17) is 12.2 Å². The van der Waals surface area contributed by atoms with E-state index in [-0.39, 0.29) is 0 Å². The third-order valence-electron chi connectivity index (χ3n) is 4.10. The van der Waals surface area contributed by atoms with E-state index < -0.39 is 0 Å². The van der Waals surface area contributed by atoms with Crippen LogP contribution in [0.15, 0.2) is 5.10 Å². The summed E-state index contributed by atoms with van der Waals surface area (Å²) in [5.74, 6) is 1.86. The number of thiocarbonyl (C=S) groups is 1. The van der Waals surface area contributed by atoms with Gasteiger partial charge in [-0.25, -0.2) is 0 Å². The van der Waals surface area contributed by atoms with Crippen LogP contribution in [0.1, 0.15) is 58.8 Å². The van der Waals surface area contributed by atoms with Crippen molar-refractivity contribution in [1.82, 2.24) is 10.7 Å². The third-order valence-corrected chi connectivity index (χ3v) is 4.31. The topological polar surface area (TPSA) is 36.4 Å². The molecule has 0 amide bonds. The second-order valence-corrected chi connectivity index (χ2v) is 6.37. The number of rotatable bonds is 2. The number of nitrogens with one attached hydrogen (secondary N) is 2. The zero-order valence-corrected chi connectivity index (χ0v) is 12.4. The van der Waals surface area contributed by atoms with E-state index in [1.165, 1.54) is 44.2 Å². The molecule has 2 saturated carbocycles. The van der Waals surface area contributed by atoms with Gasteiger partial charge in [-0.15, -0.1) is 0 Å². The Hall–Kier alpha value is -0.640. The van der Waals surface area contributed by atoms with Crippen molar-refractivity contribution in [2.75, 3.05) is 0 Å². The van der Waals surface area contributed by atoms with Crippen molar-refractivity contribution in [2.45, 2.75) is 64.8 Å². The Morgan fingerprint density at radius 2 is 1.94 bits per heavy atom. The van der Waals surface area contributed by atoms with Crippen LogP contribution >= 0.6 is 12.2 Å². The number of nitrogens with zero attached hydrogens (tertiary/aromatic N) is 1. The lowest BCUT2D eigenvalue weighted by molar-refractivity contribution is 0.218. The molecule has 0 unspecified atom stereocenters. The molecule has 2 fully saturated rings. The molecule has 2 aliphatic rings. The first-order valence-corrected chi connectivity index (χ1v) is 7.68. The summed E-state index contributed by atoms with van der Waals surface area (Å²) in [6.45, 7) is 4.16. The van der Waals surface area contributed by atoms with Gasteiger partial charge in [0.25, 0.3) is 0 Å². The van der Waals surface area contributed by atoms with E-state index in [0.717, 1.165) is 18.3 Å². The smallest absolute Gasteiger partial charge is 0.187 e. The van der Waals surface area contributed by atoms with E-state index >= 15 is 0 Å². The van der Waals surface area contributed by atoms with Crippen molar-refractivity contribution in [2.24, 2.45) is 16.9 Å². The molecule has 0 heterocycles. The second-order valence-electron chi connectivity index (χ2n) is 5.97. The van der Waals surface area contributed by atoms with E-state index in [1.54, 1.807) is 0 Å². The van der Waals surface area contributed by atoms with Gasteiger partial charge in [-0.2, -0.15) is 5.10 Å². The van der Waals surface area contributed by atoms with Crippen LogP contribution in [0.4, 0.5) is 0 Å². The molecule has 3 nitrogen and oxygen atoms in total. The minimum absolute atomic E-state index is 0.360. The molecule has 0 aromatic heterocycles. The standard InChI is InChI=1S/C14H25N3S/c1-10(2)15-14(18)17-16-13-8-7-11-5-3-4-6-12(11)9-13/h10-12H,3-9H2,1-2H3,(H2,15,17,18)/b16-13-/t11-,12-/m0/s1. The summed E-state index contributed by atoms with van der Waals surface area (Å²) < 4.78 is 0. The predicted octanol–water partition coefficient (Wildman–Crippen LogP) is 3.21. The lowest BCUT2D eigenvalue weighted by Crippen LogP contribution is -2.37. The number of hydrogen-bond acceptors (Lipinski definition) is 2. The minimum atomic E-state index is 0.360. The summed E-state index contributed by atoms with van der Waals surface area (Å²) in [7, 11) is 0. The van der Waals surface area contributed by atoms with Crippen molar-refractivity contribution in [3.63, 3.8) is 0 Å². The summed E-state index contributed by atoms with van der Waals surface area (Å²) in [4.78, 5) is 0. The van der Waals surface area contributed by atoms with Gasteiger partial charge in [-0.1, -0.05) is 19.3 Å². The SMILES string of the molecule is CC(C)NC(=S)N/N=C1/CC[C@@H]2CCCC[C@H]2C1. The molecular weight excluding hydrogens is 242 g/mol. The van der Waals surface area contributed by atoms with E-state index in [1.807, 2.05) is 0 Å². The van der Waals surface area contributed by atoms with Crippen LogP contribution in [0, 0.1) is 11.8 Å². The molecule has 4 heteroatoms. The van der Waals surface area contributed by atoms with Gasteiger partial charge in [0, 0.05) is 11.8 Å². The Balaban J connectivity index is 1.81. The molecule has 0 saturated heterocycles. The molecular formula is C14H25N3S. The molecule has 0 spiro atoms. The Labute approximate surface area is 116 Å². The van der Waals surface area contributed by atoms with E-state index in [9.17, 15) is 0 Å². The summed E-state index contributed by atoms with van der Waals surface area (Å²) in [5, 5.41) is 8.28. The number of fused-ring (bicyclic) bond motifs is 1. The fourth-order valence-electron chi connectivity index (χ4n) is 3.22. The van der Waals surface area contributed by atoms with Gasteiger partial charge in [0.15, 0.2) is 5.11 Å². The molecule has 2 N–H and O–H groups in total. The van der Waals surface area contributed by atoms with Crippen LogP contribution < -0.4 is 10.7 Å². The van der Waals surface area contributed by atoms with Crippen molar-refractivity contribution >= 4 is 23.0 Å². The van der Waals surface area contributed by atoms with Crippen LogP contribution in [-0.2, 0) is 0 Å². The van der Waals surface area contributed by atoms with Gasteiger partial charge in [0.2, 0.25) is 0 Å². The summed E-state index contributed by atoms with van der Waals surface area (Å²) in [5.41, 5.74) is 4.30. The molecule has 102 valence electrons. The fraction of sp³-hybridized carbons (Fsp3) is 0.857. The average Bonchev–Trinajstić information content (AvgIpc) is 2.35. The van der Waals surface area contributed by atoms with Crippen LogP contribution in [-0.4, -0.2) is 16.9 Å². The van der Waals surface area contributed by atoms with E-state index in [0.29, 0.717) is 11.2 Å². The van der Waals surface area contributed by atoms with Gasteiger partial charge in [-0.05, 0) is 63.6 Å². The zero-order chi connectivity index (χ0) is 13.0. The van der Waals surface area contributed by atoms with Gasteiger partial charge in [0.05, 0.1) is 0 Å². The second kappa shape index (κ2) is 6.50. The van der Waals surface area contributed by atoms with Gasteiger partial charge in [-0.3, -0.25) is 5.43 Å². The average molecular weight is 267 g/mol. The van der Waals surface area contributed by atoms with Crippen LogP contribution in [0.2, 0.25) is 0 Å². The highest BCUT2D eigenvalue weighted by molar-refractivity contribution is 7.80. The first-order valence-electron chi connectivity index (χ1n) is 7.27. The quantitative estimate of drug-likeness (QED) is 0.596. The monoisotopic (exact) mass is 267 g/mol. The molecule has 0 aliphatic heterocycles. The maximum absolute atomic E-state index is 5.18. The Morgan fingerprint density at radius 3 is 2.67 bits per heavy atom. The third kappa shape index (κ3) is 3.94. The van der Waals surface area contributed by atoms with Crippen molar-refractivity contribution in [1.29, 1.82) is 0 Å². The van der Waals surface area contributed by atoms with Crippen molar-refractivity contribution < 1.29 is 0 Å². The molecule has 2 atom stereocenters. The Morgan fingerprint density at radius 1 is 1.22 bits per heavy atom. The Kier molecular flexibility index (Phi) is 4.98. The zero-order valence-electron chi connectivity index (χ0n) is 11.5. The molecule has 0 bridgehead atoms. The number of hydrazone groups is 1. The highest BCUT2D eigenvalue weighted by Crippen LogP contribution is 2.39. The van der Waals surface area contributed by atoms with Gasteiger partial charge >= 0.3 is 0 Å². The highest BCUT2D eigenvalue weighted by atomic mass is 32.1. The normalized spacial score (nSPS) is 30.1. The largest absolute Gasteiger partial charge is 0.359 e. The summed E-state index contributed by atoms with van der Waals surface area (Å²) >= 11 is 5.18. The van der Waals surface area contributed by atoms with Gasteiger partial charge < -0.3 is 5.32 Å².